The molecule has 2 aromatic rings. The molecule has 1 aliphatic heterocycles. The number of carbonyl (C=O) groups excluding carboxylic acids is 1. The minimum Gasteiger partial charge on any atom is -0.379 e. The average Bonchev–Trinajstić information content (AvgIpc) is 3.00. The highest BCUT2D eigenvalue weighted by molar-refractivity contribution is 5.94. The molecule has 2 heterocycles. The lowest BCUT2D eigenvalue weighted by Crippen LogP contribution is -2.37. The van der Waals surface area contributed by atoms with Crippen molar-refractivity contribution in [1.82, 2.24) is 19.8 Å². The number of aryl methyl sites for hydroxylation is 1. The van der Waals surface area contributed by atoms with Gasteiger partial charge in [-0.2, -0.15) is 0 Å². The highest BCUT2D eigenvalue weighted by Gasteiger charge is 2.10. The number of aromatic amines is 1. The summed E-state index contributed by atoms with van der Waals surface area (Å²) in [7, 11) is 0. The fourth-order valence-corrected chi connectivity index (χ4v) is 3.13. The predicted molar refractivity (Wildman–Crippen MR) is 100.0 cm³/mol. The van der Waals surface area contributed by atoms with E-state index in [1.165, 1.54) is 0 Å². The van der Waals surface area contributed by atoms with Crippen molar-refractivity contribution in [3.63, 3.8) is 0 Å². The third-order valence-corrected chi connectivity index (χ3v) is 4.64. The molecule has 2 N–H and O–H groups in total. The van der Waals surface area contributed by atoms with Gasteiger partial charge < -0.3 is 15.0 Å². The van der Waals surface area contributed by atoms with Crippen LogP contribution in [0.2, 0.25) is 0 Å². The second-order valence-electron chi connectivity index (χ2n) is 6.53. The van der Waals surface area contributed by atoms with Crippen molar-refractivity contribution in [2.75, 3.05) is 39.4 Å². The van der Waals surface area contributed by atoms with Gasteiger partial charge in [0.05, 0.1) is 18.9 Å². The van der Waals surface area contributed by atoms with E-state index >= 15 is 0 Å². The molecular formula is C19H26N4O3. The fourth-order valence-electron chi connectivity index (χ4n) is 3.13. The standard InChI is InChI=1S/C19H26N4O3/c1-15-14-21-19(25)23(15)17-6-4-16(5-7-17)18(24)20-8-2-3-9-22-10-12-26-13-11-22/h4-7,14H,2-3,8-13H2,1H3,(H,20,24)(H,21,25). The zero-order valence-corrected chi connectivity index (χ0v) is 15.2. The van der Waals surface area contributed by atoms with Crippen LogP contribution in [0.4, 0.5) is 0 Å². The zero-order chi connectivity index (χ0) is 18.4. The minimum atomic E-state index is -0.181. The SMILES string of the molecule is Cc1c[nH]c(=O)n1-c1ccc(C(=O)NCCCCN2CCOCC2)cc1. The number of rotatable bonds is 7. The summed E-state index contributed by atoms with van der Waals surface area (Å²) in [5, 5.41) is 2.96. The molecule has 0 spiro atoms. The Labute approximate surface area is 153 Å². The molecule has 1 aromatic carbocycles. The van der Waals surface area contributed by atoms with Crippen LogP contribution in [-0.2, 0) is 4.74 Å². The van der Waals surface area contributed by atoms with Crippen molar-refractivity contribution in [1.29, 1.82) is 0 Å². The summed E-state index contributed by atoms with van der Waals surface area (Å²) in [4.78, 5) is 29.1. The molecule has 0 radical (unpaired) electrons. The summed E-state index contributed by atoms with van der Waals surface area (Å²) < 4.78 is 6.91. The molecule has 0 unspecified atom stereocenters. The Balaban J connectivity index is 1.44. The number of hydrogen-bond acceptors (Lipinski definition) is 4. The van der Waals surface area contributed by atoms with Crippen LogP contribution >= 0.6 is 0 Å². The second kappa shape index (κ2) is 8.82. The normalized spacial score (nSPS) is 15.1. The molecule has 0 aliphatic carbocycles. The lowest BCUT2D eigenvalue weighted by Gasteiger charge is -2.26. The number of nitrogens with zero attached hydrogens (tertiary/aromatic N) is 2. The average molecular weight is 358 g/mol. The third-order valence-electron chi connectivity index (χ3n) is 4.64. The van der Waals surface area contributed by atoms with Gasteiger partial charge in [0.1, 0.15) is 0 Å². The number of H-pyrrole nitrogens is 1. The monoisotopic (exact) mass is 358 g/mol. The highest BCUT2D eigenvalue weighted by Crippen LogP contribution is 2.10. The van der Waals surface area contributed by atoms with Gasteiger partial charge in [0, 0.05) is 37.1 Å². The summed E-state index contributed by atoms with van der Waals surface area (Å²) in [6, 6.07) is 7.07. The quantitative estimate of drug-likeness (QED) is 0.732. The lowest BCUT2D eigenvalue weighted by atomic mass is 10.2. The fraction of sp³-hybridized carbons (Fsp3) is 0.474. The van der Waals surface area contributed by atoms with Gasteiger partial charge in [0.2, 0.25) is 0 Å². The summed E-state index contributed by atoms with van der Waals surface area (Å²) in [5.74, 6) is -0.0824. The van der Waals surface area contributed by atoms with Gasteiger partial charge in [-0.25, -0.2) is 4.79 Å². The van der Waals surface area contributed by atoms with E-state index in [4.69, 9.17) is 4.74 Å². The van der Waals surface area contributed by atoms with Crippen molar-refractivity contribution < 1.29 is 9.53 Å². The predicted octanol–water partition coefficient (Wildman–Crippen LogP) is 1.32. The van der Waals surface area contributed by atoms with Crippen molar-refractivity contribution in [2.45, 2.75) is 19.8 Å². The maximum Gasteiger partial charge on any atom is 0.330 e. The van der Waals surface area contributed by atoms with Crippen LogP contribution in [0.3, 0.4) is 0 Å². The topological polar surface area (TPSA) is 79.4 Å². The molecule has 1 fully saturated rings. The number of nitrogens with one attached hydrogen (secondary N) is 2. The van der Waals surface area contributed by atoms with Gasteiger partial charge >= 0.3 is 5.69 Å². The first-order valence-corrected chi connectivity index (χ1v) is 9.11. The molecular weight excluding hydrogens is 332 g/mol. The molecule has 1 saturated heterocycles. The number of carbonyl (C=O) groups is 1. The third kappa shape index (κ3) is 4.62. The van der Waals surface area contributed by atoms with Crippen LogP contribution in [0, 0.1) is 6.92 Å². The van der Waals surface area contributed by atoms with Crippen molar-refractivity contribution in [3.8, 4) is 5.69 Å². The molecule has 3 rings (SSSR count). The van der Waals surface area contributed by atoms with E-state index in [0.717, 1.165) is 57.1 Å². The smallest absolute Gasteiger partial charge is 0.330 e. The van der Waals surface area contributed by atoms with Gasteiger partial charge in [0.25, 0.3) is 5.91 Å². The maximum absolute atomic E-state index is 12.2. The van der Waals surface area contributed by atoms with Crippen LogP contribution < -0.4 is 11.0 Å². The number of morpholine rings is 1. The Kier molecular flexibility index (Phi) is 6.25. The summed E-state index contributed by atoms with van der Waals surface area (Å²) in [6.07, 6.45) is 3.69. The molecule has 1 aromatic heterocycles. The molecule has 1 aliphatic rings. The van der Waals surface area contributed by atoms with E-state index in [-0.39, 0.29) is 11.6 Å². The zero-order valence-electron chi connectivity index (χ0n) is 15.2. The molecule has 0 atom stereocenters. The van der Waals surface area contributed by atoms with E-state index in [1.807, 2.05) is 6.92 Å². The van der Waals surface area contributed by atoms with Crippen LogP contribution in [-0.4, -0.2) is 59.8 Å². The van der Waals surface area contributed by atoms with Crippen LogP contribution in [0.5, 0.6) is 0 Å². The highest BCUT2D eigenvalue weighted by atomic mass is 16.5. The summed E-state index contributed by atoms with van der Waals surface area (Å²) in [5.41, 5.74) is 1.99. The number of amides is 1. The number of aromatic nitrogens is 2. The maximum atomic E-state index is 12.2. The van der Waals surface area contributed by atoms with Crippen molar-refractivity contribution >= 4 is 5.91 Å². The Bertz CT molecular complexity index is 773. The van der Waals surface area contributed by atoms with E-state index in [9.17, 15) is 9.59 Å². The first-order valence-electron chi connectivity index (χ1n) is 9.11. The largest absolute Gasteiger partial charge is 0.379 e. The Morgan fingerprint density at radius 2 is 1.92 bits per heavy atom. The Morgan fingerprint density at radius 1 is 1.19 bits per heavy atom. The second-order valence-corrected chi connectivity index (χ2v) is 6.53. The summed E-state index contributed by atoms with van der Waals surface area (Å²) in [6.45, 7) is 7.22. The molecule has 1 amide bonds. The number of benzene rings is 1. The van der Waals surface area contributed by atoms with E-state index < -0.39 is 0 Å². The number of hydrogen-bond donors (Lipinski definition) is 2. The van der Waals surface area contributed by atoms with Crippen molar-refractivity contribution in [3.05, 3.63) is 52.2 Å². The van der Waals surface area contributed by atoms with Crippen LogP contribution in [0.25, 0.3) is 5.69 Å². The molecule has 26 heavy (non-hydrogen) atoms. The van der Waals surface area contributed by atoms with E-state index in [2.05, 4.69) is 15.2 Å². The Morgan fingerprint density at radius 3 is 2.58 bits per heavy atom. The van der Waals surface area contributed by atoms with Gasteiger partial charge in [-0.15, -0.1) is 0 Å². The summed E-state index contributed by atoms with van der Waals surface area (Å²) >= 11 is 0. The van der Waals surface area contributed by atoms with Crippen LogP contribution in [0.1, 0.15) is 28.9 Å². The Hall–Kier alpha value is -2.38. The van der Waals surface area contributed by atoms with Gasteiger partial charge in [-0.3, -0.25) is 14.3 Å². The minimum absolute atomic E-state index is 0.0824. The number of unbranched alkanes of at least 4 members (excludes halogenated alkanes) is 1. The molecule has 0 bridgehead atoms. The van der Waals surface area contributed by atoms with Gasteiger partial charge in [-0.1, -0.05) is 0 Å². The first-order chi connectivity index (χ1) is 12.6. The van der Waals surface area contributed by atoms with E-state index in [0.29, 0.717) is 12.1 Å². The number of ether oxygens (including phenoxy) is 1. The first kappa shape index (κ1) is 18.4. The molecule has 7 nitrogen and oxygen atoms in total. The van der Waals surface area contributed by atoms with Gasteiger partial charge in [0.15, 0.2) is 0 Å². The molecule has 7 heteroatoms. The van der Waals surface area contributed by atoms with Gasteiger partial charge in [-0.05, 0) is 50.6 Å². The van der Waals surface area contributed by atoms with Crippen LogP contribution in [0.15, 0.2) is 35.3 Å². The number of imidazole rings is 1. The van der Waals surface area contributed by atoms with E-state index in [1.54, 1.807) is 35.0 Å². The molecule has 0 saturated carbocycles. The molecule has 140 valence electrons. The van der Waals surface area contributed by atoms with Crippen molar-refractivity contribution in [2.24, 2.45) is 0 Å². The lowest BCUT2D eigenvalue weighted by molar-refractivity contribution is 0.0372.